The van der Waals surface area contributed by atoms with Crippen LogP contribution in [0.25, 0.3) is 0 Å². The number of halogens is 4. The molecule has 0 bridgehead atoms. The highest BCUT2D eigenvalue weighted by atomic mass is 79.9. The molecule has 1 aromatic heterocycles. The summed E-state index contributed by atoms with van der Waals surface area (Å²) >= 11 is 3.29. The van der Waals surface area contributed by atoms with Gasteiger partial charge in [-0.3, -0.25) is 0 Å². The van der Waals surface area contributed by atoms with Crippen LogP contribution in [0.15, 0.2) is 35.1 Å². The van der Waals surface area contributed by atoms with Gasteiger partial charge in [0.25, 0.3) is 0 Å². The SMILES string of the molecule is CC(F)c1ncnc(NC(C)c2ccc(OC(F)F)cc2)c1Br. The van der Waals surface area contributed by atoms with Gasteiger partial charge in [-0.25, -0.2) is 14.4 Å². The number of ether oxygens (including phenoxy) is 1. The topological polar surface area (TPSA) is 47.0 Å². The minimum atomic E-state index is -2.85. The van der Waals surface area contributed by atoms with Gasteiger partial charge in [0.05, 0.1) is 10.2 Å². The Hall–Kier alpha value is -1.83. The minimum absolute atomic E-state index is 0.0905. The van der Waals surface area contributed by atoms with Crippen molar-refractivity contribution in [2.75, 3.05) is 5.32 Å². The summed E-state index contributed by atoms with van der Waals surface area (Å²) < 4.78 is 42.5. The van der Waals surface area contributed by atoms with Crippen LogP contribution in [0.1, 0.15) is 37.3 Å². The molecule has 2 aromatic rings. The predicted octanol–water partition coefficient (Wildman–Crippen LogP) is 5.04. The third-order valence-corrected chi connectivity index (χ3v) is 3.93. The van der Waals surface area contributed by atoms with Gasteiger partial charge >= 0.3 is 6.61 Å². The lowest BCUT2D eigenvalue weighted by Crippen LogP contribution is -2.10. The zero-order chi connectivity index (χ0) is 17.0. The number of hydrogen-bond donors (Lipinski definition) is 1. The summed E-state index contributed by atoms with van der Waals surface area (Å²) in [5.74, 6) is 0.549. The van der Waals surface area contributed by atoms with Crippen molar-refractivity contribution >= 4 is 21.7 Å². The fourth-order valence-electron chi connectivity index (χ4n) is 1.99. The number of aromatic nitrogens is 2. The van der Waals surface area contributed by atoms with Crippen molar-refractivity contribution in [3.63, 3.8) is 0 Å². The van der Waals surface area contributed by atoms with Crippen LogP contribution in [-0.2, 0) is 0 Å². The first-order valence-corrected chi connectivity index (χ1v) is 7.63. The van der Waals surface area contributed by atoms with Gasteiger partial charge in [-0.15, -0.1) is 0 Å². The Kier molecular flexibility index (Phi) is 5.81. The Morgan fingerprint density at radius 1 is 1.09 bits per heavy atom. The smallest absolute Gasteiger partial charge is 0.387 e. The molecule has 0 spiro atoms. The lowest BCUT2D eigenvalue weighted by molar-refractivity contribution is -0.0498. The highest BCUT2D eigenvalue weighted by molar-refractivity contribution is 9.10. The standard InChI is InChI=1S/C15H15BrF3N3O/c1-8(17)13-12(16)14(21-7-20-13)22-9(2)10-3-5-11(6-4-10)23-15(18)19/h3-9,15H,1-2H3,(H,20,21,22). The summed E-state index contributed by atoms with van der Waals surface area (Å²) in [5, 5.41) is 3.13. The van der Waals surface area contributed by atoms with E-state index in [0.717, 1.165) is 5.56 Å². The van der Waals surface area contributed by atoms with Crippen molar-refractivity contribution in [2.45, 2.75) is 32.7 Å². The number of hydrogen-bond acceptors (Lipinski definition) is 4. The quantitative estimate of drug-likeness (QED) is 0.751. The fraction of sp³-hybridized carbons (Fsp3) is 0.333. The third kappa shape index (κ3) is 4.57. The van der Waals surface area contributed by atoms with Gasteiger partial charge in [0.1, 0.15) is 24.1 Å². The third-order valence-electron chi connectivity index (χ3n) is 3.15. The molecule has 23 heavy (non-hydrogen) atoms. The number of nitrogens with one attached hydrogen (secondary N) is 1. The highest BCUT2D eigenvalue weighted by Crippen LogP contribution is 2.31. The maximum Gasteiger partial charge on any atom is 0.387 e. The molecular weight excluding hydrogens is 375 g/mol. The summed E-state index contributed by atoms with van der Waals surface area (Å²) in [7, 11) is 0. The second kappa shape index (κ2) is 7.63. The van der Waals surface area contributed by atoms with Crippen LogP contribution in [-0.4, -0.2) is 16.6 Å². The van der Waals surface area contributed by atoms with Crippen molar-refractivity contribution in [3.05, 3.63) is 46.3 Å². The zero-order valence-electron chi connectivity index (χ0n) is 12.4. The molecule has 0 aliphatic carbocycles. The lowest BCUT2D eigenvalue weighted by Gasteiger charge is -2.17. The van der Waals surface area contributed by atoms with Crippen LogP contribution >= 0.6 is 15.9 Å². The van der Waals surface area contributed by atoms with E-state index in [0.29, 0.717) is 10.3 Å². The summed E-state index contributed by atoms with van der Waals surface area (Å²) in [6.07, 6.45) is 0.0548. The summed E-state index contributed by atoms with van der Waals surface area (Å²) in [5.41, 5.74) is 1.10. The molecule has 0 aliphatic heterocycles. The molecule has 0 aliphatic rings. The van der Waals surface area contributed by atoms with E-state index in [4.69, 9.17) is 0 Å². The number of alkyl halides is 3. The average Bonchev–Trinajstić information content (AvgIpc) is 2.49. The molecule has 8 heteroatoms. The second-order valence-corrected chi connectivity index (χ2v) is 5.64. The number of rotatable bonds is 6. The van der Waals surface area contributed by atoms with E-state index in [1.165, 1.54) is 25.4 Å². The van der Waals surface area contributed by atoms with Gasteiger partial charge in [0.2, 0.25) is 0 Å². The molecule has 124 valence electrons. The van der Waals surface area contributed by atoms with E-state index in [1.807, 2.05) is 6.92 Å². The first kappa shape index (κ1) is 17.5. The largest absolute Gasteiger partial charge is 0.435 e. The van der Waals surface area contributed by atoms with Crippen LogP contribution in [0.3, 0.4) is 0 Å². The highest BCUT2D eigenvalue weighted by Gasteiger charge is 2.16. The summed E-state index contributed by atoms with van der Waals surface area (Å²) in [6, 6.07) is 6.09. The Morgan fingerprint density at radius 2 is 1.74 bits per heavy atom. The number of anilines is 1. The van der Waals surface area contributed by atoms with Crippen molar-refractivity contribution in [1.29, 1.82) is 0 Å². The molecule has 2 atom stereocenters. The van der Waals surface area contributed by atoms with Crippen LogP contribution in [0, 0.1) is 0 Å². The van der Waals surface area contributed by atoms with Crippen molar-refractivity contribution in [1.82, 2.24) is 9.97 Å². The zero-order valence-corrected chi connectivity index (χ0v) is 14.0. The van der Waals surface area contributed by atoms with E-state index >= 15 is 0 Å². The first-order chi connectivity index (χ1) is 10.9. The van der Waals surface area contributed by atoms with Gasteiger partial charge in [-0.1, -0.05) is 12.1 Å². The van der Waals surface area contributed by atoms with Gasteiger partial charge in [0, 0.05) is 6.04 Å². The van der Waals surface area contributed by atoms with Crippen LogP contribution in [0.2, 0.25) is 0 Å². The molecule has 0 saturated heterocycles. The van der Waals surface area contributed by atoms with Crippen molar-refractivity contribution < 1.29 is 17.9 Å². The fourth-order valence-corrected chi connectivity index (χ4v) is 2.62. The van der Waals surface area contributed by atoms with E-state index in [9.17, 15) is 13.2 Å². The van der Waals surface area contributed by atoms with E-state index in [-0.39, 0.29) is 17.5 Å². The molecule has 0 amide bonds. The monoisotopic (exact) mass is 389 g/mol. The van der Waals surface area contributed by atoms with Crippen LogP contribution in [0.5, 0.6) is 5.75 Å². The van der Waals surface area contributed by atoms with E-state index < -0.39 is 12.8 Å². The number of benzene rings is 1. The maximum absolute atomic E-state index is 13.5. The molecule has 0 fully saturated rings. The van der Waals surface area contributed by atoms with Gasteiger partial charge in [-0.2, -0.15) is 8.78 Å². The Morgan fingerprint density at radius 3 is 2.30 bits per heavy atom. The molecule has 2 unspecified atom stereocenters. The van der Waals surface area contributed by atoms with Gasteiger partial charge < -0.3 is 10.1 Å². The average molecular weight is 390 g/mol. The molecule has 4 nitrogen and oxygen atoms in total. The minimum Gasteiger partial charge on any atom is -0.435 e. The molecule has 0 radical (unpaired) electrons. The van der Waals surface area contributed by atoms with E-state index in [1.54, 1.807) is 12.1 Å². The van der Waals surface area contributed by atoms with Gasteiger partial charge in [-0.05, 0) is 47.5 Å². The Balaban J connectivity index is 2.13. The van der Waals surface area contributed by atoms with Crippen molar-refractivity contribution in [3.8, 4) is 5.75 Å². The summed E-state index contributed by atoms with van der Waals surface area (Å²) in [4.78, 5) is 7.98. The molecule has 2 rings (SSSR count). The van der Waals surface area contributed by atoms with E-state index in [2.05, 4.69) is 36.0 Å². The van der Waals surface area contributed by atoms with Gasteiger partial charge in [0.15, 0.2) is 0 Å². The maximum atomic E-state index is 13.5. The predicted molar refractivity (Wildman–Crippen MR) is 84.4 cm³/mol. The summed E-state index contributed by atoms with van der Waals surface area (Å²) in [6.45, 7) is 0.410. The Labute approximate surface area is 140 Å². The van der Waals surface area contributed by atoms with Crippen LogP contribution in [0.4, 0.5) is 19.0 Å². The molecule has 1 heterocycles. The number of nitrogens with zero attached hydrogens (tertiary/aromatic N) is 2. The van der Waals surface area contributed by atoms with Crippen LogP contribution < -0.4 is 10.1 Å². The Bertz CT molecular complexity index is 653. The first-order valence-electron chi connectivity index (χ1n) is 6.84. The lowest BCUT2D eigenvalue weighted by atomic mass is 10.1. The van der Waals surface area contributed by atoms with Crippen molar-refractivity contribution in [2.24, 2.45) is 0 Å². The normalized spacial score (nSPS) is 13.7. The molecular formula is C15H15BrF3N3O. The molecule has 1 N–H and O–H groups in total. The molecule has 1 aromatic carbocycles. The molecule has 0 saturated carbocycles. The second-order valence-electron chi connectivity index (χ2n) is 4.85.